The molecule has 0 saturated heterocycles. The molecular weight excluding hydrogens is 362 g/mol. The van der Waals surface area contributed by atoms with Crippen molar-refractivity contribution in [1.29, 1.82) is 0 Å². The zero-order valence-electron chi connectivity index (χ0n) is 13.5. The smallest absolute Gasteiger partial charge is 0.295 e. The summed E-state index contributed by atoms with van der Waals surface area (Å²) >= 11 is 0. The van der Waals surface area contributed by atoms with Crippen LogP contribution in [0.25, 0.3) is 11.1 Å². The zero-order chi connectivity index (χ0) is 19.9. The van der Waals surface area contributed by atoms with Crippen LogP contribution in [-0.2, 0) is 12.4 Å². The van der Waals surface area contributed by atoms with E-state index in [0.29, 0.717) is 12.1 Å². The number of carbonyl (C=O) groups is 2. The van der Waals surface area contributed by atoms with Crippen LogP contribution in [0.5, 0.6) is 0 Å². The Bertz CT molecular complexity index is 805. The molecule has 0 aliphatic rings. The van der Waals surface area contributed by atoms with Crippen LogP contribution < -0.4 is 0 Å². The lowest BCUT2D eigenvalue weighted by molar-refractivity contribution is -0.139. The van der Waals surface area contributed by atoms with Gasteiger partial charge in [0.25, 0.3) is 0 Å². The first-order valence-electron chi connectivity index (χ1n) is 7.27. The molecule has 0 heterocycles. The summed E-state index contributed by atoms with van der Waals surface area (Å²) in [6.45, 7) is 2.11. The van der Waals surface area contributed by atoms with Crippen LogP contribution in [0.3, 0.4) is 0 Å². The summed E-state index contributed by atoms with van der Waals surface area (Å²) in [5.41, 5.74) is -4.68. The van der Waals surface area contributed by atoms with E-state index >= 15 is 0 Å². The quantitative estimate of drug-likeness (QED) is 0.503. The van der Waals surface area contributed by atoms with E-state index in [1.54, 1.807) is 0 Å². The van der Waals surface area contributed by atoms with Gasteiger partial charge in [-0.15, -0.1) is 0 Å². The number of hydrogen-bond donors (Lipinski definition) is 0. The van der Waals surface area contributed by atoms with Gasteiger partial charge in [0.2, 0.25) is 0 Å². The fraction of sp³-hybridized carbons (Fsp3) is 0.222. The molecule has 0 bridgehead atoms. The minimum atomic E-state index is -4.97. The lowest BCUT2D eigenvalue weighted by Crippen LogP contribution is -2.13. The number of Topliss-reactive ketones (excluding diaryl/α,β-unsaturated/α-hetero) is 2. The highest BCUT2D eigenvalue weighted by molar-refractivity contribution is 5.96. The van der Waals surface area contributed by atoms with Crippen molar-refractivity contribution < 1.29 is 35.9 Å². The lowest BCUT2D eigenvalue weighted by Gasteiger charge is -2.19. The summed E-state index contributed by atoms with van der Waals surface area (Å²) < 4.78 is 80.2. The van der Waals surface area contributed by atoms with Crippen molar-refractivity contribution in [2.45, 2.75) is 26.2 Å². The minimum absolute atomic E-state index is 0.269. The molecule has 2 aromatic carbocycles. The molecule has 0 spiro atoms. The van der Waals surface area contributed by atoms with E-state index in [1.807, 2.05) is 0 Å². The Labute approximate surface area is 144 Å². The normalized spacial score (nSPS) is 12.2. The molecule has 26 heavy (non-hydrogen) atoms. The number of rotatable bonds is 3. The van der Waals surface area contributed by atoms with Crippen molar-refractivity contribution in [3.8, 4) is 11.1 Å². The molecule has 0 fully saturated rings. The maximum Gasteiger partial charge on any atom is 0.417 e. The van der Waals surface area contributed by atoms with E-state index in [9.17, 15) is 35.9 Å². The fourth-order valence-corrected chi connectivity index (χ4v) is 2.47. The van der Waals surface area contributed by atoms with Gasteiger partial charge in [0.15, 0.2) is 11.6 Å². The van der Waals surface area contributed by atoms with Crippen LogP contribution in [0, 0.1) is 0 Å². The van der Waals surface area contributed by atoms with Crippen LogP contribution in [0.4, 0.5) is 26.3 Å². The Hall–Kier alpha value is -2.64. The second kappa shape index (κ2) is 6.59. The molecule has 0 N–H and O–H groups in total. The molecule has 0 radical (unpaired) electrons. The van der Waals surface area contributed by atoms with Crippen molar-refractivity contribution in [1.82, 2.24) is 0 Å². The summed E-state index contributed by atoms with van der Waals surface area (Å²) in [6.07, 6.45) is -9.94. The second-order valence-electron chi connectivity index (χ2n) is 5.63. The third-order valence-corrected chi connectivity index (χ3v) is 3.75. The van der Waals surface area contributed by atoms with Gasteiger partial charge in [-0.2, -0.15) is 26.3 Å². The van der Waals surface area contributed by atoms with Gasteiger partial charge in [0.05, 0.1) is 11.1 Å². The molecule has 8 heteroatoms. The van der Waals surface area contributed by atoms with Gasteiger partial charge in [-0.3, -0.25) is 9.59 Å². The van der Waals surface area contributed by atoms with Crippen molar-refractivity contribution in [2.24, 2.45) is 0 Å². The summed E-state index contributed by atoms with van der Waals surface area (Å²) in [5.74, 6) is -1.30. The van der Waals surface area contributed by atoms with Gasteiger partial charge >= 0.3 is 12.4 Å². The van der Waals surface area contributed by atoms with Crippen LogP contribution in [-0.4, -0.2) is 11.6 Å². The predicted molar refractivity (Wildman–Crippen MR) is 81.9 cm³/mol. The van der Waals surface area contributed by atoms with Crippen molar-refractivity contribution in [3.63, 3.8) is 0 Å². The Morgan fingerprint density at radius 1 is 0.654 bits per heavy atom. The third-order valence-electron chi connectivity index (χ3n) is 3.75. The molecule has 138 valence electrons. The minimum Gasteiger partial charge on any atom is -0.295 e. The molecule has 0 amide bonds. The largest absolute Gasteiger partial charge is 0.417 e. The number of benzene rings is 2. The zero-order valence-corrected chi connectivity index (χ0v) is 13.5. The molecule has 0 saturated carbocycles. The third kappa shape index (κ3) is 3.95. The van der Waals surface area contributed by atoms with Crippen molar-refractivity contribution in [3.05, 3.63) is 58.7 Å². The van der Waals surface area contributed by atoms with E-state index in [0.717, 1.165) is 38.1 Å². The first-order valence-corrected chi connectivity index (χ1v) is 7.27. The maximum absolute atomic E-state index is 13.4. The highest BCUT2D eigenvalue weighted by Crippen LogP contribution is 2.43. The van der Waals surface area contributed by atoms with Gasteiger partial charge < -0.3 is 0 Å². The molecule has 0 aliphatic carbocycles. The second-order valence-corrected chi connectivity index (χ2v) is 5.63. The molecule has 2 rings (SSSR count). The molecule has 0 unspecified atom stereocenters. The molecular formula is C18H12F6O2. The van der Waals surface area contributed by atoms with E-state index in [4.69, 9.17) is 0 Å². The van der Waals surface area contributed by atoms with E-state index in [-0.39, 0.29) is 11.1 Å². The van der Waals surface area contributed by atoms with E-state index in [2.05, 4.69) is 0 Å². The summed E-state index contributed by atoms with van der Waals surface area (Å²) in [7, 11) is 0. The first-order chi connectivity index (χ1) is 11.8. The number of carbonyl (C=O) groups excluding carboxylic acids is 2. The van der Waals surface area contributed by atoms with Crippen molar-refractivity contribution in [2.75, 3.05) is 0 Å². The Kier molecular flexibility index (Phi) is 4.98. The van der Waals surface area contributed by atoms with Crippen molar-refractivity contribution >= 4 is 11.6 Å². The molecule has 0 atom stereocenters. The van der Waals surface area contributed by atoms with Gasteiger partial charge in [-0.05, 0) is 37.1 Å². The summed E-state index contributed by atoms with van der Waals surface area (Å²) in [6, 6.07) is 4.78. The Morgan fingerprint density at radius 2 is 0.962 bits per heavy atom. The molecule has 0 aromatic heterocycles. The topological polar surface area (TPSA) is 34.1 Å². The summed E-state index contributed by atoms with van der Waals surface area (Å²) in [5, 5.41) is 0. The van der Waals surface area contributed by atoms with Gasteiger partial charge in [-0.25, -0.2) is 0 Å². The van der Waals surface area contributed by atoms with Gasteiger partial charge in [0, 0.05) is 11.1 Å². The highest BCUT2D eigenvalue weighted by atomic mass is 19.4. The molecule has 0 aliphatic heterocycles. The first kappa shape index (κ1) is 19.7. The van der Waals surface area contributed by atoms with Gasteiger partial charge in [0.1, 0.15) is 0 Å². The monoisotopic (exact) mass is 374 g/mol. The van der Waals surface area contributed by atoms with Crippen LogP contribution in [0.2, 0.25) is 0 Å². The standard InChI is InChI=1S/C18H12F6O2/c1-9(25)11-3-5-13(15(7-11)17(19,20)21)14-6-4-12(10(2)26)8-16(14)18(22,23)24/h3-8H,1-2H3. The van der Waals surface area contributed by atoms with Crippen LogP contribution in [0.15, 0.2) is 36.4 Å². The fourth-order valence-electron chi connectivity index (χ4n) is 2.47. The number of ketones is 2. The lowest BCUT2D eigenvalue weighted by atomic mass is 9.91. The van der Waals surface area contributed by atoms with E-state index in [1.165, 1.54) is 0 Å². The highest BCUT2D eigenvalue weighted by Gasteiger charge is 2.39. The van der Waals surface area contributed by atoms with Crippen LogP contribution >= 0.6 is 0 Å². The summed E-state index contributed by atoms with van der Waals surface area (Å²) in [4.78, 5) is 22.7. The number of halogens is 6. The van der Waals surface area contributed by atoms with Gasteiger partial charge in [-0.1, -0.05) is 24.3 Å². The Morgan fingerprint density at radius 3 is 1.19 bits per heavy atom. The molecule has 2 aromatic rings. The van der Waals surface area contributed by atoms with E-state index < -0.39 is 46.2 Å². The number of hydrogen-bond acceptors (Lipinski definition) is 2. The average Bonchev–Trinajstić information content (AvgIpc) is 2.52. The van der Waals surface area contributed by atoms with Crippen LogP contribution in [0.1, 0.15) is 45.7 Å². The number of alkyl halides is 6. The molecule has 2 nitrogen and oxygen atoms in total. The predicted octanol–water partition coefficient (Wildman–Crippen LogP) is 5.80. The Balaban J connectivity index is 2.83. The SMILES string of the molecule is CC(=O)c1ccc(-c2ccc(C(C)=O)cc2C(F)(F)F)c(C(F)(F)F)c1. The maximum atomic E-state index is 13.4. The average molecular weight is 374 g/mol.